The number of nitrogens with one attached hydrogen (secondary N) is 1. The second kappa shape index (κ2) is 5.35. The number of sulfonamides is 1. The van der Waals surface area contributed by atoms with Crippen molar-refractivity contribution in [3.05, 3.63) is 27.7 Å². The number of benzene rings is 1. The van der Waals surface area contributed by atoms with Gasteiger partial charge in [0, 0.05) is 16.6 Å². The van der Waals surface area contributed by atoms with E-state index in [0.29, 0.717) is 0 Å². The van der Waals surface area contributed by atoms with Gasteiger partial charge < -0.3 is 5.11 Å². The standard InChI is InChI=1S/C11H13Cl2NO3S/c12-9-4-5-10(11(13)8(9)6-15)18(16,17)14-7-2-1-3-7/h4-5,7,14-15H,1-3,6H2. The smallest absolute Gasteiger partial charge is 0.242 e. The normalized spacial score (nSPS) is 16.6. The third-order valence-electron chi connectivity index (χ3n) is 3.03. The Labute approximate surface area is 116 Å². The molecule has 0 aliphatic heterocycles. The average Bonchev–Trinajstić information content (AvgIpc) is 2.24. The molecule has 0 spiro atoms. The van der Waals surface area contributed by atoms with Gasteiger partial charge in [-0.05, 0) is 25.0 Å². The first-order valence-electron chi connectivity index (χ1n) is 5.56. The van der Waals surface area contributed by atoms with Crippen LogP contribution in [0.1, 0.15) is 24.8 Å². The van der Waals surface area contributed by atoms with Crippen molar-refractivity contribution >= 4 is 33.2 Å². The largest absolute Gasteiger partial charge is 0.392 e. The number of aliphatic hydroxyl groups excluding tert-OH is 1. The maximum atomic E-state index is 12.1. The SMILES string of the molecule is O=S(=O)(NC1CCC1)c1ccc(Cl)c(CO)c1Cl. The summed E-state index contributed by atoms with van der Waals surface area (Å²) < 4.78 is 26.8. The topological polar surface area (TPSA) is 66.4 Å². The van der Waals surface area contributed by atoms with E-state index in [1.54, 1.807) is 0 Å². The summed E-state index contributed by atoms with van der Waals surface area (Å²) in [4.78, 5) is -0.0375. The van der Waals surface area contributed by atoms with Gasteiger partial charge in [-0.3, -0.25) is 0 Å². The zero-order chi connectivity index (χ0) is 13.3. The van der Waals surface area contributed by atoms with Crippen LogP contribution in [0.5, 0.6) is 0 Å². The van der Waals surface area contributed by atoms with E-state index in [4.69, 9.17) is 28.3 Å². The van der Waals surface area contributed by atoms with E-state index in [-0.39, 0.29) is 26.5 Å². The van der Waals surface area contributed by atoms with Crippen LogP contribution in [0.3, 0.4) is 0 Å². The summed E-state index contributed by atoms with van der Waals surface area (Å²) >= 11 is 11.8. The van der Waals surface area contributed by atoms with Crippen molar-refractivity contribution in [1.29, 1.82) is 0 Å². The van der Waals surface area contributed by atoms with Crippen molar-refractivity contribution in [2.24, 2.45) is 0 Å². The van der Waals surface area contributed by atoms with E-state index >= 15 is 0 Å². The third kappa shape index (κ3) is 2.65. The molecule has 1 aromatic rings. The third-order valence-corrected chi connectivity index (χ3v) is 5.49. The second-order valence-electron chi connectivity index (χ2n) is 4.25. The Morgan fingerprint density at radius 1 is 1.33 bits per heavy atom. The van der Waals surface area contributed by atoms with Crippen LogP contribution in [0.25, 0.3) is 0 Å². The van der Waals surface area contributed by atoms with Crippen LogP contribution in [0.4, 0.5) is 0 Å². The van der Waals surface area contributed by atoms with Crippen molar-refractivity contribution in [3.8, 4) is 0 Å². The molecule has 2 rings (SSSR count). The van der Waals surface area contributed by atoms with E-state index in [9.17, 15) is 8.42 Å². The highest BCUT2D eigenvalue weighted by molar-refractivity contribution is 7.89. The van der Waals surface area contributed by atoms with Gasteiger partial charge in [-0.25, -0.2) is 13.1 Å². The van der Waals surface area contributed by atoms with Gasteiger partial charge in [-0.15, -0.1) is 0 Å². The number of aliphatic hydroxyl groups is 1. The van der Waals surface area contributed by atoms with Crippen molar-refractivity contribution in [2.75, 3.05) is 0 Å². The molecule has 2 N–H and O–H groups in total. The van der Waals surface area contributed by atoms with Gasteiger partial charge in [-0.2, -0.15) is 0 Å². The highest BCUT2D eigenvalue weighted by atomic mass is 35.5. The Bertz CT molecular complexity index is 556. The Morgan fingerprint density at radius 3 is 2.50 bits per heavy atom. The molecular weight excluding hydrogens is 297 g/mol. The predicted molar refractivity (Wildman–Crippen MR) is 70.3 cm³/mol. The summed E-state index contributed by atoms with van der Waals surface area (Å²) in [5.41, 5.74) is 0.231. The molecule has 0 radical (unpaired) electrons. The fourth-order valence-electron chi connectivity index (χ4n) is 1.74. The molecule has 0 saturated heterocycles. The molecule has 0 aromatic heterocycles. The van der Waals surface area contributed by atoms with Crippen LogP contribution in [0, 0.1) is 0 Å². The molecular formula is C11H13Cl2NO3S. The fourth-order valence-corrected chi connectivity index (χ4v) is 3.94. The monoisotopic (exact) mass is 309 g/mol. The van der Waals surface area contributed by atoms with Gasteiger partial charge in [0.15, 0.2) is 0 Å². The maximum Gasteiger partial charge on any atom is 0.242 e. The lowest BCUT2D eigenvalue weighted by Crippen LogP contribution is -2.39. The lowest BCUT2D eigenvalue weighted by Gasteiger charge is -2.26. The molecule has 4 nitrogen and oxygen atoms in total. The molecule has 1 aliphatic rings. The lowest BCUT2D eigenvalue weighted by molar-refractivity contribution is 0.281. The van der Waals surface area contributed by atoms with E-state index in [1.165, 1.54) is 12.1 Å². The van der Waals surface area contributed by atoms with E-state index < -0.39 is 16.6 Å². The molecule has 18 heavy (non-hydrogen) atoms. The van der Waals surface area contributed by atoms with Gasteiger partial charge in [-0.1, -0.05) is 29.6 Å². The molecule has 1 aliphatic carbocycles. The van der Waals surface area contributed by atoms with Crippen LogP contribution < -0.4 is 4.72 Å². The van der Waals surface area contributed by atoms with E-state index in [2.05, 4.69) is 4.72 Å². The molecule has 0 heterocycles. The van der Waals surface area contributed by atoms with Gasteiger partial charge in [0.05, 0.1) is 11.6 Å². The van der Waals surface area contributed by atoms with Crippen LogP contribution in [-0.2, 0) is 16.6 Å². The van der Waals surface area contributed by atoms with E-state index in [0.717, 1.165) is 19.3 Å². The molecule has 0 bridgehead atoms. The molecule has 7 heteroatoms. The number of hydrogen-bond donors (Lipinski definition) is 2. The summed E-state index contributed by atoms with van der Waals surface area (Å²) in [5, 5.41) is 9.38. The number of hydrogen-bond acceptors (Lipinski definition) is 3. The number of halogens is 2. The predicted octanol–water partition coefficient (Wildman–Crippen LogP) is 2.32. The van der Waals surface area contributed by atoms with Crippen LogP contribution in [0.2, 0.25) is 10.0 Å². The number of rotatable bonds is 4. The highest BCUT2D eigenvalue weighted by Gasteiger charge is 2.27. The van der Waals surface area contributed by atoms with Crippen LogP contribution in [0.15, 0.2) is 17.0 Å². The minimum atomic E-state index is -3.65. The molecule has 1 aromatic carbocycles. The first kappa shape index (κ1) is 14.1. The highest BCUT2D eigenvalue weighted by Crippen LogP contribution is 2.32. The van der Waals surface area contributed by atoms with Gasteiger partial charge >= 0.3 is 0 Å². The molecule has 100 valence electrons. The molecule has 1 saturated carbocycles. The van der Waals surface area contributed by atoms with Gasteiger partial charge in [0.2, 0.25) is 10.0 Å². The van der Waals surface area contributed by atoms with Crippen LogP contribution in [-0.4, -0.2) is 19.6 Å². The molecule has 0 unspecified atom stereocenters. The Morgan fingerprint density at radius 2 is 2.00 bits per heavy atom. The van der Waals surface area contributed by atoms with Crippen LogP contribution >= 0.6 is 23.2 Å². The Balaban J connectivity index is 2.37. The van der Waals surface area contributed by atoms with Crippen molar-refractivity contribution in [3.63, 3.8) is 0 Å². The fraction of sp³-hybridized carbons (Fsp3) is 0.455. The minimum absolute atomic E-state index is 0.0145. The second-order valence-corrected chi connectivity index (χ2v) is 6.71. The minimum Gasteiger partial charge on any atom is -0.392 e. The first-order valence-corrected chi connectivity index (χ1v) is 7.79. The molecule has 1 fully saturated rings. The van der Waals surface area contributed by atoms with Crippen molar-refractivity contribution < 1.29 is 13.5 Å². The zero-order valence-corrected chi connectivity index (χ0v) is 11.8. The summed E-state index contributed by atoms with van der Waals surface area (Å²) in [6, 6.07) is 2.76. The quantitative estimate of drug-likeness (QED) is 0.897. The van der Waals surface area contributed by atoms with E-state index in [1.807, 2.05) is 0 Å². The summed E-state index contributed by atoms with van der Waals surface area (Å²) in [7, 11) is -3.65. The van der Waals surface area contributed by atoms with Crippen molar-refractivity contribution in [1.82, 2.24) is 4.72 Å². The summed E-state index contributed by atoms with van der Waals surface area (Å²) in [6.07, 6.45) is 2.72. The molecule has 0 amide bonds. The summed E-state index contributed by atoms with van der Waals surface area (Å²) in [6.45, 7) is -0.398. The first-order chi connectivity index (χ1) is 8.45. The molecule has 0 atom stereocenters. The lowest BCUT2D eigenvalue weighted by atomic mass is 9.94. The zero-order valence-electron chi connectivity index (χ0n) is 9.49. The maximum absolute atomic E-state index is 12.1. The average molecular weight is 310 g/mol. The summed E-state index contributed by atoms with van der Waals surface area (Å²) in [5.74, 6) is 0. The Hall–Kier alpha value is -0.330. The van der Waals surface area contributed by atoms with Crippen molar-refractivity contribution in [2.45, 2.75) is 36.8 Å². The Kier molecular flexibility index (Phi) is 4.18. The van der Waals surface area contributed by atoms with Gasteiger partial charge in [0.1, 0.15) is 4.90 Å². The van der Waals surface area contributed by atoms with Gasteiger partial charge in [0.25, 0.3) is 0 Å².